The van der Waals surface area contributed by atoms with E-state index in [1.54, 1.807) is 0 Å². The van der Waals surface area contributed by atoms with E-state index in [0.717, 1.165) is 28.7 Å². The maximum absolute atomic E-state index is 13.1. The molecule has 0 unspecified atom stereocenters. The van der Waals surface area contributed by atoms with E-state index in [0.29, 0.717) is 19.6 Å². The molecule has 4 atom stereocenters. The first kappa shape index (κ1) is 15.4. The number of nitrogens with one attached hydrogen (secondary N) is 2. The van der Waals surface area contributed by atoms with Crippen molar-refractivity contribution in [3.05, 3.63) is 35.5 Å². The van der Waals surface area contributed by atoms with Gasteiger partial charge in [0.1, 0.15) is 5.41 Å². The highest BCUT2D eigenvalue weighted by Gasteiger charge is 2.67. The largest absolute Gasteiger partial charge is 0.468 e. The third-order valence-electron chi connectivity index (χ3n) is 6.52. The van der Waals surface area contributed by atoms with Crippen molar-refractivity contribution >= 4 is 16.9 Å². The SMILES string of the molecule is COC(=O)[C@]12COC[C@H](c3c1[nH]c1ccccc31)[C@]1(O)CNCC[C@@H]12. The summed E-state index contributed by atoms with van der Waals surface area (Å²) in [4.78, 5) is 16.6. The van der Waals surface area contributed by atoms with Crippen LogP contribution in [0.25, 0.3) is 10.9 Å². The molecule has 0 amide bonds. The zero-order valence-corrected chi connectivity index (χ0v) is 14.2. The van der Waals surface area contributed by atoms with Crippen LogP contribution in [0.15, 0.2) is 24.3 Å². The molecule has 0 radical (unpaired) electrons. The lowest BCUT2D eigenvalue weighted by atomic mass is 9.54. The lowest BCUT2D eigenvalue weighted by Gasteiger charge is -2.53. The number of carbonyl (C=O) groups is 1. The number of rotatable bonds is 1. The van der Waals surface area contributed by atoms with Gasteiger partial charge >= 0.3 is 5.97 Å². The molecule has 6 heteroatoms. The minimum absolute atomic E-state index is 0.170. The van der Waals surface area contributed by atoms with Gasteiger partial charge in [0.2, 0.25) is 0 Å². The normalized spacial score (nSPS) is 36.6. The van der Waals surface area contributed by atoms with Gasteiger partial charge in [-0.05, 0) is 24.6 Å². The average molecular weight is 342 g/mol. The molecule has 132 valence electrons. The van der Waals surface area contributed by atoms with Crippen molar-refractivity contribution in [2.24, 2.45) is 5.92 Å². The molecule has 0 saturated carbocycles. The standard InChI is InChI=1S/C19H22N2O4/c1-24-17(22)18-10-25-8-12(19(23)9-20-7-6-14(18)19)15-11-4-2-3-5-13(11)21-16(15)18/h2-5,12,14,20-21,23H,6-10H2,1H3/t12-,14-,18+,19-/m1/s1. The first-order chi connectivity index (χ1) is 12.1. The minimum Gasteiger partial charge on any atom is -0.468 e. The Morgan fingerprint density at radius 1 is 1.40 bits per heavy atom. The number of para-hydroxylation sites is 1. The predicted octanol–water partition coefficient (Wildman–Crippen LogP) is 1.05. The van der Waals surface area contributed by atoms with Crippen LogP contribution < -0.4 is 5.32 Å². The van der Waals surface area contributed by atoms with Crippen LogP contribution in [0.2, 0.25) is 0 Å². The van der Waals surface area contributed by atoms with Crippen molar-refractivity contribution in [3.63, 3.8) is 0 Å². The summed E-state index contributed by atoms with van der Waals surface area (Å²) in [6.45, 7) is 1.88. The monoisotopic (exact) mass is 342 g/mol. The molecule has 2 bridgehead atoms. The molecule has 1 aromatic heterocycles. The quantitative estimate of drug-likeness (QED) is 0.675. The first-order valence-corrected chi connectivity index (χ1v) is 8.83. The maximum atomic E-state index is 13.1. The summed E-state index contributed by atoms with van der Waals surface area (Å²) in [5, 5.41) is 16.1. The van der Waals surface area contributed by atoms with Crippen molar-refractivity contribution in [1.82, 2.24) is 10.3 Å². The molecule has 3 N–H and O–H groups in total. The number of methoxy groups -OCH3 is 1. The fraction of sp³-hybridized carbons (Fsp3) is 0.526. The van der Waals surface area contributed by atoms with Crippen LogP contribution in [0.3, 0.4) is 0 Å². The topological polar surface area (TPSA) is 83.6 Å². The second-order valence-corrected chi connectivity index (χ2v) is 7.50. The number of β-amino-alcohol motifs (C(OH)–C–C–N with tert-alkyl or cyclic N) is 1. The number of esters is 1. The van der Waals surface area contributed by atoms with E-state index in [9.17, 15) is 9.90 Å². The summed E-state index contributed by atoms with van der Waals surface area (Å²) >= 11 is 0. The van der Waals surface area contributed by atoms with E-state index in [1.807, 2.05) is 24.3 Å². The molecule has 2 saturated heterocycles. The van der Waals surface area contributed by atoms with Gasteiger partial charge in [-0.1, -0.05) is 18.2 Å². The summed E-state index contributed by atoms with van der Waals surface area (Å²) in [7, 11) is 1.41. The first-order valence-electron chi connectivity index (χ1n) is 8.83. The van der Waals surface area contributed by atoms with Crippen LogP contribution in [0.4, 0.5) is 0 Å². The van der Waals surface area contributed by atoms with Gasteiger partial charge in [0.05, 0.1) is 25.9 Å². The zero-order chi connectivity index (χ0) is 17.2. The predicted molar refractivity (Wildman–Crippen MR) is 91.5 cm³/mol. The van der Waals surface area contributed by atoms with E-state index in [2.05, 4.69) is 10.3 Å². The van der Waals surface area contributed by atoms with Crippen LogP contribution in [0, 0.1) is 5.92 Å². The lowest BCUT2D eigenvalue weighted by molar-refractivity contribution is -0.162. The van der Waals surface area contributed by atoms with Crippen molar-refractivity contribution in [2.45, 2.75) is 23.4 Å². The number of aromatic nitrogens is 1. The fourth-order valence-electron chi connectivity index (χ4n) is 5.47. The van der Waals surface area contributed by atoms with Gasteiger partial charge < -0.3 is 24.9 Å². The van der Waals surface area contributed by atoms with Gasteiger partial charge in [0.25, 0.3) is 0 Å². The number of benzene rings is 1. The highest BCUT2D eigenvalue weighted by molar-refractivity contribution is 5.92. The molecule has 6 rings (SSSR count). The number of H-pyrrole nitrogens is 1. The summed E-state index contributed by atoms with van der Waals surface area (Å²) in [5.41, 5.74) is 0.858. The number of fused-ring (bicyclic) bond motifs is 3. The van der Waals surface area contributed by atoms with Gasteiger partial charge in [-0.25, -0.2) is 0 Å². The minimum atomic E-state index is -1.03. The molecular formula is C19H22N2O4. The molecule has 25 heavy (non-hydrogen) atoms. The number of hydrogen-bond acceptors (Lipinski definition) is 5. The Hall–Kier alpha value is -1.89. The Labute approximate surface area is 145 Å². The van der Waals surface area contributed by atoms with Gasteiger partial charge in [-0.3, -0.25) is 4.79 Å². The second-order valence-electron chi connectivity index (χ2n) is 7.50. The van der Waals surface area contributed by atoms with Crippen molar-refractivity contribution < 1.29 is 19.4 Å². The van der Waals surface area contributed by atoms with E-state index < -0.39 is 11.0 Å². The average Bonchev–Trinajstić information content (AvgIpc) is 2.86. The lowest BCUT2D eigenvalue weighted by Crippen LogP contribution is -2.66. The molecule has 0 spiro atoms. The Bertz CT molecular complexity index is 862. The van der Waals surface area contributed by atoms with Crippen LogP contribution >= 0.6 is 0 Å². The molecule has 4 heterocycles. The molecule has 2 aromatic rings. The van der Waals surface area contributed by atoms with Gasteiger partial charge in [-0.2, -0.15) is 0 Å². The summed E-state index contributed by atoms with van der Waals surface area (Å²) < 4.78 is 11.2. The van der Waals surface area contributed by atoms with Crippen molar-refractivity contribution in [3.8, 4) is 0 Å². The van der Waals surface area contributed by atoms with Crippen LogP contribution in [0.1, 0.15) is 23.6 Å². The Balaban J connectivity index is 1.89. The molecule has 4 aliphatic rings. The van der Waals surface area contributed by atoms with E-state index >= 15 is 0 Å². The van der Waals surface area contributed by atoms with Crippen LogP contribution in [0.5, 0.6) is 0 Å². The van der Waals surface area contributed by atoms with Gasteiger partial charge in [0.15, 0.2) is 0 Å². The number of aliphatic hydroxyl groups is 1. The van der Waals surface area contributed by atoms with E-state index in [1.165, 1.54) is 7.11 Å². The highest BCUT2D eigenvalue weighted by atomic mass is 16.5. The van der Waals surface area contributed by atoms with E-state index in [-0.39, 0.29) is 24.4 Å². The van der Waals surface area contributed by atoms with Crippen molar-refractivity contribution in [1.29, 1.82) is 0 Å². The summed E-state index contributed by atoms with van der Waals surface area (Å²) in [6, 6.07) is 8.03. The molecule has 2 fully saturated rings. The zero-order valence-electron chi connectivity index (χ0n) is 14.2. The third kappa shape index (κ3) is 1.72. The molecular weight excluding hydrogens is 320 g/mol. The summed E-state index contributed by atoms with van der Waals surface area (Å²) in [6.07, 6.45) is 0.709. The smallest absolute Gasteiger partial charge is 0.320 e. The van der Waals surface area contributed by atoms with E-state index in [4.69, 9.17) is 9.47 Å². The molecule has 1 aliphatic carbocycles. The molecule has 6 nitrogen and oxygen atoms in total. The molecule has 3 aliphatic heterocycles. The Morgan fingerprint density at radius 3 is 3.08 bits per heavy atom. The highest BCUT2D eigenvalue weighted by Crippen LogP contribution is 2.58. The summed E-state index contributed by atoms with van der Waals surface area (Å²) in [5.74, 6) is -0.732. The number of hydrogen-bond donors (Lipinski definition) is 3. The van der Waals surface area contributed by atoms with Gasteiger partial charge in [0, 0.05) is 35.0 Å². The third-order valence-corrected chi connectivity index (χ3v) is 6.52. The van der Waals surface area contributed by atoms with Crippen molar-refractivity contribution in [2.75, 3.05) is 33.4 Å². The number of carbonyl (C=O) groups excluding carboxylic acids is 1. The Morgan fingerprint density at radius 2 is 2.24 bits per heavy atom. The second kappa shape index (κ2) is 5.06. The van der Waals surface area contributed by atoms with Gasteiger partial charge in [-0.15, -0.1) is 0 Å². The number of ether oxygens (including phenoxy) is 2. The maximum Gasteiger partial charge on any atom is 0.320 e. The Kier molecular flexibility index (Phi) is 3.11. The molecule has 1 aromatic carbocycles. The number of aromatic amines is 1. The fourth-order valence-corrected chi connectivity index (χ4v) is 5.47. The van der Waals surface area contributed by atoms with Crippen LogP contribution in [-0.4, -0.2) is 55.1 Å². The number of piperidine rings is 1. The van der Waals surface area contributed by atoms with Crippen LogP contribution in [-0.2, 0) is 19.7 Å².